The Morgan fingerprint density at radius 2 is 2.17 bits per heavy atom. The average molecular weight is 196 g/mol. The number of rotatable bonds is 1. The highest BCUT2D eigenvalue weighted by atomic mass is 32.2. The zero-order chi connectivity index (χ0) is 8.55. The summed E-state index contributed by atoms with van der Waals surface area (Å²) in [5.41, 5.74) is 3.07. The molecule has 0 amide bonds. The lowest BCUT2D eigenvalue weighted by Gasteiger charge is -2.01. The molecule has 0 nitrogen and oxygen atoms in total. The summed E-state index contributed by atoms with van der Waals surface area (Å²) >= 11 is 3.85. The van der Waals surface area contributed by atoms with Gasteiger partial charge in [-0.05, 0) is 47.8 Å². The standard InChI is InChI=1S/C10H12S2/c1-7-9(3-5-11-7)10-4-6-12-8(10)2/h3,5H,4,6H2,1-2H3. The molecule has 0 fully saturated rings. The Labute approximate surface area is 81.7 Å². The first-order chi connectivity index (χ1) is 5.79. The first-order valence-electron chi connectivity index (χ1n) is 4.16. The van der Waals surface area contributed by atoms with Crippen LogP contribution in [0, 0.1) is 6.92 Å². The Morgan fingerprint density at radius 3 is 2.67 bits per heavy atom. The van der Waals surface area contributed by atoms with E-state index in [1.807, 2.05) is 23.1 Å². The fourth-order valence-electron chi connectivity index (χ4n) is 1.59. The molecule has 1 aromatic rings. The Morgan fingerprint density at radius 1 is 1.33 bits per heavy atom. The second-order valence-corrected chi connectivity index (χ2v) is 5.45. The zero-order valence-electron chi connectivity index (χ0n) is 7.39. The van der Waals surface area contributed by atoms with Crippen molar-refractivity contribution in [1.82, 2.24) is 0 Å². The fourth-order valence-corrected chi connectivity index (χ4v) is 3.32. The molecule has 64 valence electrons. The van der Waals surface area contributed by atoms with Gasteiger partial charge in [0.25, 0.3) is 0 Å². The van der Waals surface area contributed by atoms with Crippen LogP contribution in [0.3, 0.4) is 0 Å². The Hall–Kier alpha value is -0.210. The van der Waals surface area contributed by atoms with E-state index in [1.165, 1.54) is 27.5 Å². The number of hydrogen-bond donors (Lipinski definition) is 0. The van der Waals surface area contributed by atoms with Crippen LogP contribution in [0.25, 0.3) is 5.57 Å². The lowest BCUT2D eigenvalue weighted by atomic mass is 10.1. The van der Waals surface area contributed by atoms with E-state index in [9.17, 15) is 0 Å². The van der Waals surface area contributed by atoms with E-state index in [0.29, 0.717) is 0 Å². The molecule has 0 saturated carbocycles. The summed E-state index contributed by atoms with van der Waals surface area (Å²) in [6.07, 6.45) is 1.26. The average Bonchev–Trinajstić information content (AvgIpc) is 2.59. The Bertz CT molecular complexity index is 320. The van der Waals surface area contributed by atoms with Crippen molar-refractivity contribution in [2.75, 3.05) is 5.75 Å². The van der Waals surface area contributed by atoms with Gasteiger partial charge >= 0.3 is 0 Å². The summed E-state index contributed by atoms with van der Waals surface area (Å²) in [5.74, 6) is 1.27. The van der Waals surface area contributed by atoms with Crippen molar-refractivity contribution in [3.8, 4) is 0 Å². The summed E-state index contributed by atoms with van der Waals surface area (Å²) in [6, 6.07) is 2.25. The molecule has 0 unspecified atom stereocenters. The molecular formula is C10H12S2. The lowest BCUT2D eigenvalue weighted by molar-refractivity contribution is 1.28. The van der Waals surface area contributed by atoms with Gasteiger partial charge < -0.3 is 0 Å². The van der Waals surface area contributed by atoms with Gasteiger partial charge in [0, 0.05) is 10.6 Å². The molecule has 0 saturated heterocycles. The maximum absolute atomic E-state index is 2.25. The largest absolute Gasteiger partial charge is 0.149 e. The second-order valence-electron chi connectivity index (χ2n) is 3.02. The minimum atomic E-state index is 1.26. The van der Waals surface area contributed by atoms with Crippen LogP contribution in [0.4, 0.5) is 0 Å². The van der Waals surface area contributed by atoms with Gasteiger partial charge in [0.2, 0.25) is 0 Å². The summed E-state index contributed by atoms with van der Waals surface area (Å²) < 4.78 is 0. The lowest BCUT2D eigenvalue weighted by Crippen LogP contribution is -1.81. The highest BCUT2D eigenvalue weighted by Crippen LogP contribution is 2.39. The van der Waals surface area contributed by atoms with Gasteiger partial charge in [-0.15, -0.1) is 23.1 Å². The molecule has 0 aromatic carbocycles. The van der Waals surface area contributed by atoms with Gasteiger partial charge in [0.15, 0.2) is 0 Å². The maximum atomic E-state index is 2.25. The van der Waals surface area contributed by atoms with E-state index in [2.05, 4.69) is 25.3 Å². The number of hydrogen-bond acceptors (Lipinski definition) is 2. The van der Waals surface area contributed by atoms with Crippen molar-refractivity contribution in [3.63, 3.8) is 0 Å². The first kappa shape index (κ1) is 8.39. The minimum Gasteiger partial charge on any atom is -0.149 e. The molecular weight excluding hydrogens is 184 g/mol. The molecule has 0 atom stereocenters. The molecule has 0 spiro atoms. The summed E-state index contributed by atoms with van der Waals surface area (Å²) in [4.78, 5) is 2.99. The van der Waals surface area contributed by atoms with Gasteiger partial charge in [0.1, 0.15) is 0 Å². The topological polar surface area (TPSA) is 0 Å². The first-order valence-corrected chi connectivity index (χ1v) is 6.02. The summed E-state index contributed by atoms with van der Waals surface area (Å²) in [7, 11) is 0. The molecule has 12 heavy (non-hydrogen) atoms. The third-order valence-corrected chi connectivity index (χ3v) is 4.21. The summed E-state index contributed by atoms with van der Waals surface area (Å²) in [6.45, 7) is 4.45. The highest BCUT2D eigenvalue weighted by molar-refractivity contribution is 8.03. The third-order valence-electron chi connectivity index (χ3n) is 2.28. The number of thiophene rings is 1. The summed E-state index contributed by atoms with van der Waals surface area (Å²) in [5, 5.41) is 2.19. The van der Waals surface area contributed by atoms with Crippen LogP contribution < -0.4 is 0 Å². The quantitative estimate of drug-likeness (QED) is 0.656. The van der Waals surface area contributed by atoms with Crippen molar-refractivity contribution in [1.29, 1.82) is 0 Å². The normalized spacial score (nSPS) is 17.5. The van der Waals surface area contributed by atoms with Crippen LogP contribution >= 0.6 is 23.1 Å². The molecule has 2 heteroatoms. The molecule has 0 bridgehead atoms. The van der Waals surface area contributed by atoms with Gasteiger partial charge in [-0.2, -0.15) is 0 Å². The van der Waals surface area contributed by atoms with Gasteiger partial charge in [-0.3, -0.25) is 0 Å². The fraction of sp³-hybridized carbons (Fsp3) is 0.400. The smallest absolute Gasteiger partial charge is 0.00896 e. The van der Waals surface area contributed by atoms with Crippen LogP contribution in [0.2, 0.25) is 0 Å². The van der Waals surface area contributed by atoms with Gasteiger partial charge in [0.05, 0.1) is 0 Å². The van der Waals surface area contributed by atoms with E-state index >= 15 is 0 Å². The van der Waals surface area contributed by atoms with E-state index in [4.69, 9.17) is 0 Å². The predicted octanol–water partition coefficient (Wildman–Crippen LogP) is 3.92. The molecule has 2 heterocycles. The molecule has 2 rings (SSSR count). The van der Waals surface area contributed by atoms with E-state index in [1.54, 1.807) is 5.57 Å². The zero-order valence-corrected chi connectivity index (χ0v) is 9.02. The van der Waals surface area contributed by atoms with E-state index in [-0.39, 0.29) is 0 Å². The molecule has 0 aliphatic carbocycles. The van der Waals surface area contributed by atoms with Crippen molar-refractivity contribution in [2.24, 2.45) is 0 Å². The minimum absolute atomic E-state index is 1.26. The van der Waals surface area contributed by atoms with Crippen molar-refractivity contribution in [2.45, 2.75) is 20.3 Å². The monoisotopic (exact) mass is 196 g/mol. The Balaban J connectivity index is 2.43. The predicted molar refractivity (Wildman–Crippen MR) is 58.7 cm³/mol. The van der Waals surface area contributed by atoms with Crippen LogP contribution in [0.5, 0.6) is 0 Å². The third kappa shape index (κ3) is 1.34. The number of thioether (sulfide) groups is 1. The van der Waals surface area contributed by atoms with Gasteiger partial charge in [-0.1, -0.05) is 0 Å². The van der Waals surface area contributed by atoms with Crippen LogP contribution in [-0.4, -0.2) is 5.75 Å². The number of allylic oxidation sites excluding steroid dienone is 2. The van der Waals surface area contributed by atoms with Crippen molar-refractivity contribution in [3.05, 3.63) is 26.8 Å². The molecule has 0 radical (unpaired) electrons. The van der Waals surface area contributed by atoms with Crippen LogP contribution in [0.1, 0.15) is 23.8 Å². The van der Waals surface area contributed by atoms with Gasteiger partial charge in [-0.25, -0.2) is 0 Å². The Kier molecular flexibility index (Phi) is 2.28. The molecule has 1 aliphatic heterocycles. The molecule has 1 aromatic heterocycles. The molecule has 1 aliphatic rings. The van der Waals surface area contributed by atoms with E-state index < -0.39 is 0 Å². The number of aryl methyl sites for hydroxylation is 1. The maximum Gasteiger partial charge on any atom is 0.00896 e. The highest BCUT2D eigenvalue weighted by Gasteiger charge is 2.15. The van der Waals surface area contributed by atoms with Crippen LogP contribution in [-0.2, 0) is 0 Å². The van der Waals surface area contributed by atoms with Crippen LogP contribution in [0.15, 0.2) is 16.4 Å². The SMILES string of the molecule is CC1=C(c2ccsc2C)CCS1. The molecule has 0 N–H and O–H groups in total. The van der Waals surface area contributed by atoms with Crippen molar-refractivity contribution >= 4 is 28.7 Å². The van der Waals surface area contributed by atoms with Crippen molar-refractivity contribution < 1.29 is 0 Å². The van der Waals surface area contributed by atoms with E-state index in [0.717, 1.165) is 0 Å². The second kappa shape index (κ2) is 3.27.